The maximum Gasteiger partial charge on any atom is 0.331 e. The molecule has 3 rings (SSSR count). The lowest BCUT2D eigenvalue weighted by Gasteiger charge is -2.48. The summed E-state index contributed by atoms with van der Waals surface area (Å²) in [5.41, 5.74) is 0.830. The molecule has 158 valence electrons. The summed E-state index contributed by atoms with van der Waals surface area (Å²) in [5, 5.41) is 3.62. The number of hydrogen-bond donors (Lipinski definition) is 1. The van der Waals surface area contributed by atoms with Crippen molar-refractivity contribution in [3.8, 4) is 0 Å². The Morgan fingerprint density at radius 3 is 2.52 bits per heavy atom. The van der Waals surface area contributed by atoms with Crippen LogP contribution in [0.1, 0.15) is 37.7 Å². The van der Waals surface area contributed by atoms with Crippen LogP contribution in [0.2, 0.25) is 5.02 Å². The summed E-state index contributed by atoms with van der Waals surface area (Å²) in [7, 11) is 0. The van der Waals surface area contributed by atoms with E-state index in [-0.39, 0.29) is 18.1 Å². The van der Waals surface area contributed by atoms with E-state index in [1.165, 1.54) is 25.3 Å². The molecule has 0 spiro atoms. The minimum absolute atomic E-state index is 0.00378. The number of nitrogens with zero attached hydrogens (tertiary/aromatic N) is 1. The largest absolute Gasteiger partial charge is 0.452 e. The fraction of sp³-hybridized carbons (Fsp3) is 0.545. The van der Waals surface area contributed by atoms with Crippen molar-refractivity contribution in [2.24, 2.45) is 0 Å². The summed E-state index contributed by atoms with van der Waals surface area (Å²) in [6.45, 7) is 3.61. The molecule has 1 saturated carbocycles. The molecule has 0 bridgehead atoms. The second-order valence-electron chi connectivity index (χ2n) is 7.65. The van der Waals surface area contributed by atoms with Gasteiger partial charge >= 0.3 is 5.97 Å². The summed E-state index contributed by atoms with van der Waals surface area (Å²) in [4.78, 5) is 26.6. The normalized spacial score (nSPS) is 19.8. The molecule has 6 nitrogen and oxygen atoms in total. The van der Waals surface area contributed by atoms with Crippen molar-refractivity contribution in [2.75, 3.05) is 39.5 Å². The first-order valence-electron chi connectivity index (χ1n) is 10.3. The third kappa shape index (κ3) is 6.56. The van der Waals surface area contributed by atoms with Gasteiger partial charge in [-0.1, -0.05) is 43.0 Å². The number of carbonyl (C=O) groups is 2. The Kier molecular flexibility index (Phi) is 8.09. The molecule has 29 heavy (non-hydrogen) atoms. The van der Waals surface area contributed by atoms with Gasteiger partial charge in [-0.25, -0.2) is 4.79 Å². The molecule has 0 radical (unpaired) electrons. The molecule has 7 heteroatoms. The lowest BCUT2D eigenvalue weighted by Crippen LogP contribution is -2.59. The molecule has 0 aromatic heterocycles. The summed E-state index contributed by atoms with van der Waals surface area (Å²) < 4.78 is 10.6. The van der Waals surface area contributed by atoms with E-state index in [1.807, 2.05) is 0 Å². The van der Waals surface area contributed by atoms with Crippen molar-refractivity contribution in [3.05, 3.63) is 40.9 Å². The molecule has 2 aliphatic rings. The monoisotopic (exact) mass is 420 g/mol. The highest BCUT2D eigenvalue weighted by atomic mass is 35.5. The van der Waals surface area contributed by atoms with Gasteiger partial charge in [-0.3, -0.25) is 9.69 Å². The molecule has 1 N–H and O–H groups in total. The molecular weight excluding hydrogens is 392 g/mol. The zero-order chi connectivity index (χ0) is 20.5. The van der Waals surface area contributed by atoms with E-state index in [4.69, 9.17) is 21.1 Å². The van der Waals surface area contributed by atoms with Crippen LogP contribution in [-0.4, -0.2) is 61.8 Å². The zero-order valence-electron chi connectivity index (χ0n) is 16.7. The fourth-order valence-corrected chi connectivity index (χ4v) is 4.22. The van der Waals surface area contributed by atoms with E-state index in [0.29, 0.717) is 11.6 Å². The first-order valence-corrected chi connectivity index (χ1v) is 10.7. The highest BCUT2D eigenvalue weighted by Gasteiger charge is 2.38. The van der Waals surface area contributed by atoms with Gasteiger partial charge in [0.1, 0.15) is 0 Å². The van der Waals surface area contributed by atoms with Crippen molar-refractivity contribution < 1.29 is 19.1 Å². The van der Waals surface area contributed by atoms with Crippen LogP contribution < -0.4 is 5.32 Å². The number of amides is 1. The fourth-order valence-electron chi connectivity index (χ4n) is 4.09. The molecular formula is C22H29ClN2O4. The van der Waals surface area contributed by atoms with E-state index in [1.54, 1.807) is 30.3 Å². The highest BCUT2D eigenvalue weighted by molar-refractivity contribution is 6.30. The maximum atomic E-state index is 12.3. The molecule has 1 aromatic rings. The Hall–Kier alpha value is -1.89. The van der Waals surface area contributed by atoms with Gasteiger partial charge in [0.15, 0.2) is 6.61 Å². The average Bonchev–Trinajstić information content (AvgIpc) is 2.77. The van der Waals surface area contributed by atoms with Crippen molar-refractivity contribution in [2.45, 2.75) is 37.6 Å². The minimum Gasteiger partial charge on any atom is -0.452 e. The number of esters is 1. The maximum absolute atomic E-state index is 12.3. The van der Waals surface area contributed by atoms with E-state index in [0.717, 1.165) is 44.7 Å². The van der Waals surface area contributed by atoms with Crippen LogP contribution in [0.15, 0.2) is 30.3 Å². The van der Waals surface area contributed by atoms with Gasteiger partial charge in [-0.2, -0.15) is 0 Å². The SMILES string of the molecule is O=C(COC(=O)C=Cc1ccc(Cl)cc1)NCC1(N2CCOCC2)CCCCC1. The van der Waals surface area contributed by atoms with Crippen LogP contribution >= 0.6 is 11.6 Å². The van der Waals surface area contributed by atoms with E-state index in [9.17, 15) is 9.59 Å². The number of rotatable bonds is 7. The number of hydrogen-bond acceptors (Lipinski definition) is 5. The number of benzene rings is 1. The quantitative estimate of drug-likeness (QED) is 0.542. The Morgan fingerprint density at radius 2 is 1.83 bits per heavy atom. The lowest BCUT2D eigenvalue weighted by atomic mass is 9.79. The van der Waals surface area contributed by atoms with Crippen LogP contribution in [0, 0.1) is 0 Å². The Balaban J connectivity index is 1.45. The van der Waals surface area contributed by atoms with Crippen molar-refractivity contribution in [1.29, 1.82) is 0 Å². The second kappa shape index (κ2) is 10.8. The average molecular weight is 421 g/mol. The number of morpholine rings is 1. The van der Waals surface area contributed by atoms with Gasteiger partial charge in [0.25, 0.3) is 5.91 Å². The van der Waals surface area contributed by atoms with E-state index in [2.05, 4.69) is 10.2 Å². The van der Waals surface area contributed by atoms with Gasteiger partial charge in [0.05, 0.1) is 13.2 Å². The third-order valence-electron chi connectivity index (χ3n) is 5.71. The van der Waals surface area contributed by atoms with Crippen molar-refractivity contribution in [1.82, 2.24) is 10.2 Å². The van der Waals surface area contributed by atoms with Gasteiger partial charge in [0.2, 0.25) is 0 Å². The zero-order valence-corrected chi connectivity index (χ0v) is 17.5. The summed E-state index contributed by atoms with van der Waals surface area (Å²) in [6.07, 6.45) is 8.71. The molecule has 0 atom stereocenters. The standard InChI is InChI=1S/C22H29ClN2O4/c23-19-7-4-18(5-8-19)6-9-21(27)29-16-20(26)24-17-22(10-2-1-3-11-22)25-12-14-28-15-13-25/h4-9H,1-3,10-17H2,(H,24,26). The van der Waals surface area contributed by atoms with Crippen molar-refractivity contribution in [3.63, 3.8) is 0 Å². The Bertz CT molecular complexity index is 708. The molecule has 1 amide bonds. The molecule has 2 fully saturated rings. The van der Waals surface area contributed by atoms with Gasteiger partial charge in [-0.15, -0.1) is 0 Å². The summed E-state index contributed by atoms with van der Waals surface area (Å²) >= 11 is 5.83. The first kappa shape index (κ1) is 21.8. The Morgan fingerprint density at radius 1 is 1.14 bits per heavy atom. The first-order chi connectivity index (χ1) is 14.1. The molecule has 1 heterocycles. The van der Waals surface area contributed by atoms with Crippen LogP contribution in [-0.2, 0) is 19.1 Å². The van der Waals surface area contributed by atoms with Crippen LogP contribution in [0.3, 0.4) is 0 Å². The smallest absolute Gasteiger partial charge is 0.331 e. The molecule has 0 unspecified atom stereocenters. The number of halogens is 1. The number of ether oxygens (including phenoxy) is 2. The molecule has 1 aromatic carbocycles. The van der Waals surface area contributed by atoms with Gasteiger partial charge in [-0.05, 0) is 36.6 Å². The topological polar surface area (TPSA) is 67.9 Å². The van der Waals surface area contributed by atoms with Crippen LogP contribution in [0.5, 0.6) is 0 Å². The molecule has 1 saturated heterocycles. The number of nitrogens with one attached hydrogen (secondary N) is 1. The van der Waals surface area contributed by atoms with Crippen LogP contribution in [0.25, 0.3) is 6.08 Å². The number of carbonyl (C=O) groups excluding carboxylic acids is 2. The predicted molar refractivity (Wildman–Crippen MR) is 113 cm³/mol. The summed E-state index contributed by atoms with van der Waals surface area (Å²) in [6, 6.07) is 7.09. The van der Waals surface area contributed by atoms with Crippen LogP contribution in [0.4, 0.5) is 0 Å². The van der Waals surface area contributed by atoms with Crippen molar-refractivity contribution >= 4 is 29.6 Å². The lowest BCUT2D eigenvalue weighted by molar-refractivity contribution is -0.144. The highest BCUT2D eigenvalue weighted by Crippen LogP contribution is 2.33. The van der Waals surface area contributed by atoms with E-state index >= 15 is 0 Å². The Labute approximate surface area is 177 Å². The second-order valence-corrected chi connectivity index (χ2v) is 8.09. The van der Waals surface area contributed by atoms with Gasteiger partial charge in [0, 0.05) is 36.3 Å². The molecule has 1 aliphatic carbocycles. The van der Waals surface area contributed by atoms with Gasteiger partial charge < -0.3 is 14.8 Å². The summed E-state index contributed by atoms with van der Waals surface area (Å²) in [5.74, 6) is -0.813. The third-order valence-corrected chi connectivity index (χ3v) is 5.96. The van der Waals surface area contributed by atoms with E-state index < -0.39 is 5.97 Å². The minimum atomic E-state index is -0.546. The molecule has 1 aliphatic heterocycles. The predicted octanol–water partition coefficient (Wildman–Crippen LogP) is 3.05.